The first kappa shape index (κ1) is 24.3. The number of rotatable bonds is 7. The van der Waals surface area contributed by atoms with Crippen molar-refractivity contribution in [3.05, 3.63) is 57.4 Å². The van der Waals surface area contributed by atoms with Crippen LogP contribution in [0, 0.1) is 0 Å². The van der Waals surface area contributed by atoms with Crippen LogP contribution in [-0.2, 0) is 9.53 Å². The number of thiazole rings is 1. The first-order valence-electron chi connectivity index (χ1n) is 10.3. The van der Waals surface area contributed by atoms with Gasteiger partial charge in [0.1, 0.15) is 0 Å². The number of anilines is 1. The molecule has 11 heteroatoms. The number of benzene rings is 2. The highest BCUT2D eigenvalue weighted by atomic mass is 35.5. The van der Waals surface area contributed by atoms with Crippen molar-refractivity contribution < 1.29 is 23.8 Å². The predicted molar refractivity (Wildman–Crippen MR) is 131 cm³/mol. The fraction of sp³-hybridized carbons (Fsp3) is 0.261. The van der Waals surface area contributed by atoms with Gasteiger partial charge in [-0.05, 0) is 30.3 Å². The normalized spacial score (nSPS) is 13.4. The van der Waals surface area contributed by atoms with Crippen molar-refractivity contribution in [1.29, 1.82) is 0 Å². The maximum Gasteiger partial charge on any atom is 0.260 e. The SMILES string of the molecule is COc1cc(C(=O)Nc2nc(-c3ccc(Cl)c(Cl)c3)cs2)ccc1OCC(=O)N1CCOCC1. The summed E-state index contributed by atoms with van der Waals surface area (Å²) in [5, 5.41) is 5.92. The monoisotopic (exact) mass is 521 g/mol. The molecule has 1 N–H and O–H groups in total. The van der Waals surface area contributed by atoms with Crippen molar-refractivity contribution in [2.24, 2.45) is 0 Å². The Hall–Kier alpha value is -2.85. The molecule has 0 unspecified atom stereocenters. The van der Waals surface area contributed by atoms with Crippen LogP contribution < -0.4 is 14.8 Å². The van der Waals surface area contributed by atoms with E-state index in [0.29, 0.717) is 64.2 Å². The summed E-state index contributed by atoms with van der Waals surface area (Å²) in [7, 11) is 1.47. The highest BCUT2D eigenvalue weighted by Crippen LogP contribution is 2.31. The molecule has 0 aliphatic carbocycles. The van der Waals surface area contributed by atoms with E-state index in [2.05, 4.69) is 10.3 Å². The van der Waals surface area contributed by atoms with Crippen molar-refractivity contribution in [1.82, 2.24) is 9.88 Å². The van der Waals surface area contributed by atoms with Crippen molar-refractivity contribution in [2.45, 2.75) is 0 Å². The molecule has 1 aromatic heterocycles. The topological polar surface area (TPSA) is 90.0 Å². The molecule has 3 aromatic rings. The highest BCUT2D eigenvalue weighted by molar-refractivity contribution is 7.14. The first-order valence-corrected chi connectivity index (χ1v) is 12.0. The van der Waals surface area contributed by atoms with Crippen LogP contribution >= 0.6 is 34.5 Å². The Labute approximate surface area is 210 Å². The van der Waals surface area contributed by atoms with E-state index in [1.54, 1.807) is 35.2 Å². The number of nitrogens with one attached hydrogen (secondary N) is 1. The van der Waals surface area contributed by atoms with Crippen LogP contribution in [0.4, 0.5) is 5.13 Å². The van der Waals surface area contributed by atoms with Gasteiger partial charge < -0.3 is 19.1 Å². The lowest BCUT2D eigenvalue weighted by Crippen LogP contribution is -2.43. The minimum Gasteiger partial charge on any atom is -0.493 e. The Morgan fingerprint density at radius 1 is 1.12 bits per heavy atom. The quantitative estimate of drug-likeness (QED) is 0.488. The van der Waals surface area contributed by atoms with E-state index in [-0.39, 0.29) is 18.4 Å². The Morgan fingerprint density at radius 3 is 2.65 bits per heavy atom. The summed E-state index contributed by atoms with van der Waals surface area (Å²) in [5.74, 6) is 0.230. The molecule has 0 saturated carbocycles. The lowest BCUT2D eigenvalue weighted by molar-refractivity contribution is -0.137. The van der Waals surface area contributed by atoms with Crippen LogP contribution in [0.1, 0.15) is 10.4 Å². The molecule has 2 heterocycles. The third-order valence-electron chi connectivity index (χ3n) is 5.08. The third kappa shape index (κ3) is 5.79. The number of methoxy groups -OCH3 is 1. The van der Waals surface area contributed by atoms with Gasteiger partial charge in [-0.15, -0.1) is 11.3 Å². The smallest absolute Gasteiger partial charge is 0.260 e. The zero-order valence-corrected chi connectivity index (χ0v) is 20.5. The number of aromatic nitrogens is 1. The highest BCUT2D eigenvalue weighted by Gasteiger charge is 2.19. The minimum atomic E-state index is -0.357. The lowest BCUT2D eigenvalue weighted by atomic mass is 10.2. The van der Waals surface area contributed by atoms with Crippen molar-refractivity contribution in [3.63, 3.8) is 0 Å². The van der Waals surface area contributed by atoms with Gasteiger partial charge in [-0.25, -0.2) is 4.98 Å². The summed E-state index contributed by atoms with van der Waals surface area (Å²) in [6.45, 7) is 2.00. The molecule has 178 valence electrons. The molecule has 34 heavy (non-hydrogen) atoms. The van der Waals surface area contributed by atoms with E-state index in [1.165, 1.54) is 18.4 Å². The molecule has 0 atom stereocenters. The number of amides is 2. The van der Waals surface area contributed by atoms with Crippen molar-refractivity contribution in [2.75, 3.05) is 45.3 Å². The van der Waals surface area contributed by atoms with E-state index in [4.69, 9.17) is 37.4 Å². The zero-order chi connectivity index (χ0) is 24.1. The van der Waals surface area contributed by atoms with Crippen LogP contribution in [0.2, 0.25) is 10.0 Å². The fourth-order valence-corrected chi connectivity index (χ4v) is 4.27. The number of hydrogen-bond donors (Lipinski definition) is 1. The second-order valence-corrected chi connectivity index (χ2v) is 8.94. The number of morpholine rings is 1. The molecular formula is C23H21Cl2N3O5S. The van der Waals surface area contributed by atoms with Gasteiger partial charge in [0.2, 0.25) is 0 Å². The van der Waals surface area contributed by atoms with E-state index >= 15 is 0 Å². The maximum atomic E-state index is 12.8. The van der Waals surface area contributed by atoms with E-state index < -0.39 is 0 Å². The predicted octanol–water partition coefficient (Wildman–Crippen LogP) is 4.62. The lowest BCUT2D eigenvalue weighted by Gasteiger charge is -2.26. The van der Waals surface area contributed by atoms with Crippen LogP contribution in [0.15, 0.2) is 41.8 Å². The van der Waals surface area contributed by atoms with E-state index in [1.807, 2.05) is 11.4 Å². The minimum absolute atomic E-state index is 0.126. The summed E-state index contributed by atoms with van der Waals surface area (Å²) < 4.78 is 16.3. The summed E-state index contributed by atoms with van der Waals surface area (Å²) in [6.07, 6.45) is 0. The molecule has 1 fully saturated rings. The van der Waals surface area contributed by atoms with Crippen LogP contribution in [0.25, 0.3) is 11.3 Å². The largest absolute Gasteiger partial charge is 0.493 e. The van der Waals surface area contributed by atoms with Gasteiger partial charge in [-0.1, -0.05) is 29.3 Å². The second kappa shape index (κ2) is 11.1. The third-order valence-corrected chi connectivity index (χ3v) is 6.58. The van der Waals surface area contributed by atoms with Gasteiger partial charge in [0.05, 0.1) is 36.1 Å². The van der Waals surface area contributed by atoms with Crippen LogP contribution in [0.5, 0.6) is 11.5 Å². The molecular weight excluding hydrogens is 501 g/mol. The van der Waals surface area contributed by atoms with E-state index in [9.17, 15) is 9.59 Å². The Morgan fingerprint density at radius 2 is 1.91 bits per heavy atom. The maximum absolute atomic E-state index is 12.8. The molecule has 1 aliphatic heterocycles. The zero-order valence-electron chi connectivity index (χ0n) is 18.2. The molecule has 8 nitrogen and oxygen atoms in total. The van der Waals surface area contributed by atoms with Gasteiger partial charge in [0.15, 0.2) is 23.2 Å². The summed E-state index contributed by atoms with van der Waals surface area (Å²) in [5.41, 5.74) is 1.82. The standard InChI is InChI=1S/C23H21Cl2N3O5S/c1-31-20-11-15(3-5-19(20)33-12-21(29)28-6-8-32-9-7-28)22(30)27-23-26-18(13-34-23)14-2-4-16(24)17(25)10-14/h2-5,10-11,13H,6-9,12H2,1H3,(H,26,27,30). The molecule has 0 radical (unpaired) electrons. The van der Waals surface area contributed by atoms with Gasteiger partial charge >= 0.3 is 0 Å². The fourth-order valence-electron chi connectivity index (χ4n) is 3.26. The van der Waals surface area contributed by atoms with Crippen LogP contribution in [0.3, 0.4) is 0 Å². The van der Waals surface area contributed by atoms with Gasteiger partial charge in [0.25, 0.3) is 11.8 Å². The van der Waals surface area contributed by atoms with Gasteiger partial charge in [0, 0.05) is 29.6 Å². The molecule has 1 saturated heterocycles. The Balaban J connectivity index is 1.40. The molecule has 2 aromatic carbocycles. The second-order valence-electron chi connectivity index (χ2n) is 7.27. The summed E-state index contributed by atoms with van der Waals surface area (Å²) in [6, 6.07) is 9.97. The number of ether oxygens (including phenoxy) is 3. The average molecular weight is 522 g/mol. The van der Waals surface area contributed by atoms with Crippen molar-refractivity contribution in [3.8, 4) is 22.8 Å². The molecule has 1 aliphatic rings. The van der Waals surface area contributed by atoms with Gasteiger partial charge in [-0.2, -0.15) is 0 Å². The number of carbonyl (C=O) groups excluding carboxylic acids is 2. The Kier molecular flexibility index (Phi) is 7.89. The molecule has 2 amide bonds. The Bertz CT molecular complexity index is 1200. The summed E-state index contributed by atoms with van der Waals surface area (Å²) >= 11 is 13.3. The van der Waals surface area contributed by atoms with E-state index in [0.717, 1.165) is 5.56 Å². The number of halogens is 2. The van der Waals surface area contributed by atoms with Crippen LogP contribution in [-0.4, -0.2) is 61.7 Å². The number of carbonyl (C=O) groups is 2. The molecule has 4 rings (SSSR count). The van der Waals surface area contributed by atoms with Crippen molar-refractivity contribution >= 4 is 51.5 Å². The van der Waals surface area contributed by atoms with Gasteiger partial charge in [-0.3, -0.25) is 14.9 Å². The number of nitrogens with zero attached hydrogens (tertiary/aromatic N) is 2. The molecule has 0 spiro atoms. The average Bonchev–Trinajstić information content (AvgIpc) is 3.33. The number of hydrogen-bond acceptors (Lipinski definition) is 7. The molecule has 0 bridgehead atoms. The first-order chi connectivity index (χ1) is 16.4. The summed E-state index contributed by atoms with van der Waals surface area (Å²) in [4.78, 5) is 31.2.